The summed E-state index contributed by atoms with van der Waals surface area (Å²) in [6.45, 7) is 1.75. The van der Waals surface area contributed by atoms with Gasteiger partial charge in [0.05, 0.1) is 5.56 Å². The summed E-state index contributed by atoms with van der Waals surface area (Å²) in [6, 6.07) is 5.05. The van der Waals surface area contributed by atoms with Gasteiger partial charge < -0.3 is 5.11 Å². The van der Waals surface area contributed by atoms with Gasteiger partial charge >= 0.3 is 0 Å². The molecule has 2 rings (SSSR count). The van der Waals surface area contributed by atoms with Crippen LogP contribution < -0.4 is 5.32 Å². The normalized spacial score (nSPS) is 10.1. The van der Waals surface area contributed by atoms with Gasteiger partial charge in [0.2, 0.25) is 0 Å². The van der Waals surface area contributed by atoms with Crippen molar-refractivity contribution in [2.45, 2.75) is 6.92 Å². The van der Waals surface area contributed by atoms with Crippen molar-refractivity contribution in [3.05, 3.63) is 40.9 Å². The summed E-state index contributed by atoms with van der Waals surface area (Å²) >= 11 is 1.33. The fourth-order valence-corrected chi connectivity index (χ4v) is 1.82. The highest BCUT2D eigenvalue weighted by Gasteiger charge is 2.13. The molecule has 5 heteroatoms. The number of aromatic nitrogens is 1. The number of phenols is 1. The number of aryl methyl sites for hydroxylation is 1. The number of para-hydroxylation sites is 1. The van der Waals surface area contributed by atoms with Crippen molar-refractivity contribution in [1.29, 1.82) is 0 Å². The third kappa shape index (κ3) is 2.04. The zero-order chi connectivity index (χ0) is 11.5. The van der Waals surface area contributed by atoms with Gasteiger partial charge in [0.15, 0.2) is 5.13 Å². The number of carbonyl (C=O) groups excluding carboxylic acids is 1. The molecular formula is C11H10N2O2S. The first kappa shape index (κ1) is 10.6. The van der Waals surface area contributed by atoms with E-state index in [9.17, 15) is 9.90 Å². The summed E-state index contributed by atoms with van der Waals surface area (Å²) in [5, 5.41) is 14.6. The Bertz CT molecular complexity index is 509. The van der Waals surface area contributed by atoms with Gasteiger partial charge in [0.25, 0.3) is 5.91 Å². The quantitative estimate of drug-likeness (QED) is 0.838. The first-order valence-electron chi connectivity index (χ1n) is 4.68. The van der Waals surface area contributed by atoms with Crippen LogP contribution in [0.5, 0.6) is 5.75 Å². The fourth-order valence-electron chi connectivity index (χ4n) is 1.29. The van der Waals surface area contributed by atoms with Crippen molar-refractivity contribution in [2.75, 3.05) is 5.32 Å². The highest BCUT2D eigenvalue weighted by Crippen LogP contribution is 2.22. The van der Waals surface area contributed by atoms with Crippen LogP contribution in [0.2, 0.25) is 0 Å². The molecule has 0 spiro atoms. The first-order chi connectivity index (χ1) is 7.68. The SMILES string of the molecule is Cc1cccc(C(=O)Nc2nccs2)c1O. The average Bonchev–Trinajstić information content (AvgIpc) is 2.74. The molecule has 0 aliphatic carbocycles. The monoisotopic (exact) mass is 234 g/mol. The Kier molecular flexibility index (Phi) is 2.87. The molecule has 1 heterocycles. The van der Waals surface area contributed by atoms with E-state index in [0.717, 1.165) is 0 Å². The highest BCUT2D eigenvalue weighted by molar-refractivity contribution is 7.13. The van der Waals surface area contributed by atoms with Gasteiger partial charge in [-0.05, 0) is 18.6 Å². The Morgan fingerprint density at radius 3 is 3.00 bits per heavy atom. The topological polar surface area (TPSA) is 62.2 Å². The minimum atomic E-state index is -0.351. The summed E-state index contributed by atoms with van der Waals surface area (Å²) in [5.41, 5.74) is 0.932. The van der Waals surface area contributed by atoms with E-state index in [0.29, 0.717) is 10.7 Å². The second-order valence-electron chi connectivity index (χ2n) is 3.26. The fraction of sp³-hybridized carbons (Fsp3) is 0.0909. The van der Waals surface area contributed by atoms with Gasteiger partial charge in [-0.3, -0.25) is 10.1 Å². The Labute approximate surface area is 96.6 Å². The van der Waals surface area contributed by atoms with E-state index >= 15 is 0 Å². The smallest absolute Gasteiger partial charge is 0.261 e. The van der Waals surface area contributed by atoms with E-state index in [4.69, 9.17) is 0 Å². The van der Waals surface area contributed by atoms with Crippen LogP contribution in [0.25, 0.3) is 0 Å². The highest BCUT2D eigenvalue weighted by atomic mass is 32.1. The number of nitrogens with zero attached hydrogens (tertiary/aromatic N) is 1. The van der Waals surface area contributed by atoms with Gasteiger partial charge in [0, 0.05) is 11.6 Å². The molecule has 0 fully saturated rings. The molecule has 0 saturated carbocycles. The molecule has 0 atom stereocenters. The number of aromatic hydroxyl groups is 1. The van der Waals surface area contributed by atoms with Crippen LogP contribution in [-0.4, -0.2) is 16.0 Å². The van der Waals surface area contributed by atoms with E-state index in [1.54, 1.807) is 36.7 Å². The predicted molar refractivity (Wildman–Crippen MR) is 62.9 cm³/mol. The number of hydrogen-bond donors (Lipinski definition) is 2. The number of phenolic OH excluding ortho intramolecular Hbond substituents is 1. The van der Waals surface area contributed by atoms with Crippen LogP contribution in [0.4, 0.5) is 5.13 Å². The van der Waals surface area contributed by atoms with Gasteiger partial charge in [-0.1, -0.05) is 12.1 Å². The summed E-state index contributed by atoms with van der Waals surface area (Å²) < 4.78 is 0. The molecule has 0 unspecified atom stereocenters. The van der Waals surface area contributed by atoms with Crippen LogP contribution in [0.15, 0.2) is 29.8 Å². The molecule has 0 radical (unpaired) electrons. The molecule has 1 amide bonds. The van der Waals surface area contributed by atoms with Crippen molar-refractivity contribution in [1.82, 2.24) is 4.98 Å². The lowest BCUT2D eigenvalue weighted by molar-refractivity contribution is 0.102. The maximum Gasteiger partial charge on any atom is 0.261 e. The number of benzene rings is 1. The third-order valence-corrected chi connectivity index (χ3v) is 2.82. The largest absolute Gasteiger partial charge is 0.507 e. The number of nitrogens with one attached hydrogen (secondary N) is 1. The van der Waals surface area contributed by atoms with Gasteiger partial charge in [-0.15, -0.1) is 11.3 Å². The Balaban J connectivity index is 2.24. The number of hydrogen-bond acceptors (Lipinski definition) is 4. The number of carbonyl (C=O) groups is 1. The zero-order valence-corrected chi connectivity index (χ0v) is 9.41. The van der Waals surface area contributed by atoms with Crippen molar-refractivity contribution in [3.63, 3.8) is 0 Å². The molecule has 16 heavy (non-hydrogen) atoms. The van der Waals surface area contributed by atoms with Gasteiger partial charge in [-0.25, -0.2) is 4.98 Å². The first-order valence-corrected chi connectivity index (χ1v) is 5.56. The lowest BCUT2D eigenvalue weighted by atomic mass is 10.1. The Morgan fingerprint density at radius 1 is 1.50 bits per heavy atom. The molecule has 0 saturated heterocycles. The summed E-state index contributed by atoms with van der Waals surface area (Å²) in [4.78, 5) is 15.7. The van der Waals surface area contributed by atoms with Gasteiger partial charge in [0.1, 0.15) is 5.75 Å². The maximum atomic E-state index is 11.8. The van der Waals surface area contributed by atoms with Crippen molar-refractivity contribution < 1.29 is 9.90 Å². The predicted octanol–water partition coefficient (Wildman–Crippen LogP) is 2.41. The minimum absolute atomic E-state index is 0.0107. The molecule has 0 aliphatic heterocycles. The van der Waals surface area contributed by atoms with Crippen LogP contribution in [-0.2, 0) is 0 Å². The molecule has 4 nitrogen and oxygen atoms in total. The second-order valence-corrected chi connectivity index (χ2v) is 4.16. The molecule has 2 N–H and O–H groups in total. The van der Waals surface area contributed by atoms with Crippen molar-refractivity contribution in [2.24, 2.45) is 0 Å². The lowest BCUT2D eigenvalue weighted by Gasteiger charge is -2.05. The molecule has 2 aromatic rings. The Hall–Kier alpha value is -1.88. The van der Waals surface area contributed by atoms with Crippen LogP contribution >= 0.6 is 11.3 Å². The molecule has 1 aromatic heterocycles. The van der Waals surface area contributed by atoms with E-state index in [2.05, 4.69) is 10.3 Å². The van der Waals surface area contributed by atoms with Crippen LogP contribution in [0.3, 0.4) is 0 Å². The van der Waals surface area contributed by atoms with Crippen molar-refractivity contribution in [3.8, 4) is 5.75 Å². The maximum absolute atomic E-state index is 11.8. The summed E-state index contributed by atoms with van der Waals surface area (Å²) in [7, 11) is 0. The zero-order valence-electron chi connectivity index (χ0n) is 8.60. The minimum Gasteiger partial charge on any atom is -0.507 e. The second kappa shape index (κ2) is 4.32. The third-order valence-electron chi connectivity index (χ3n) is 2.14. The lowest BCUT2D eigenvalue weighted by Crippen LogP contribution is -2.12. The molecule has 82 valence electrons. The number of anilines is 1. The summed E-state index contributed by atoms with van der Waals surface area (Å²) in [6.07, 6.45) is 1.61. The van der Waals surface area contributed by atoms with Crippen LogP contribution in [0.1, 0.15) is 15.9 Å². The van der Waals surface area contributed by atoms with E-state index < -0.39 is 0 Å². The summed E-state index contributed by atoms with van der Waals surface area (Å²) in [5.74, 6) is -0.340. The standard InChI is InChI=1S/C11H10N2O2S/c1-7-3-2-4-8(9(7)14)10(15)13-11-12-5-6-16-11/h2-6,14H,1H3,(H,12,13,15). The van der Waals surface area contributed by atoms with Crippen LogP contribution in [0, 0.1) is 6.92 Å². The molecule has 0 aliphatic rings. The van der Waals surface area contributed by atoms with E-state index in [-0.39, 0.29) is 17.2 Å². The number of amides is 1. The molecule has 1 aromatic carbocycles. The average molecular weight is 234 g/mol. The number of rotatable bonds is 2. The van der Waals surface area contributed by atoms with Gasteiger partial charge in [-0.2, -0.15) is 0 Å². The van der Waals surface area contributed by atoms with E-state index in [1.165, 1.54) is 11.3 Å². The number of thiazole rings is 1. The Morgan fingerprint density at radius 2 is 2.31 bits per heavy atom. The van der Waals surface area contributed by atoms with E-state index in [1.807, 2.05) is 0 Å². The molecular weight excluding hydrogens is 224 g/mol. The van der Waals surface area contributed by atoms with Crippen molar-refractivity contribution >= 4 is 22.4 Å². The molecule has 0 bridgehead atoms.